The predicted molar refractivity (Wildman–Crippen MR) is 113 cm³/mol. The smallest absolute Gasteiger partial charge is 0.238 e. The van der Waals surface area contributed by atoms with Crippen LogP contribution in [0.2, 0.25) is 0 Å². The molecule has 1 aromatic rings. The molecule has 2 aliphatic rings. The molecule has 1 aliphatic carbocycles. The minimum absolute atomic E-state index is 0.103. The van der Waals surface area contributed by atoms with Crippen molar-refractivity contribution in [2.75, 3.05) is 59.4 Å². The monoisotopic (exact) mass is 420 g/mol. The van der Waals surface area contributed by atoms with E-state index >= 15 is 0 Å². The highest BCUT2D eigenvalue weighted by Gasteiger charge is 2.30. The molecule has 166 valence electrons. The van der Waals surface area contributed by atoms with Gasteiger partial charge in [-0.25, -0.2) is 0 Å². The highest BCUT2D eigenvalue weighted by Crippen LogP contribution is 2.39. The molecule has 0 spiro atoms. The summed E-state index contributed by atoms with van der Waals surface area (Å²) in [5.74, 6) is 1.44. The third-order valence-electron chi connectivity index (χ3n) is 5.57. The van der Waals surface area contributed by atoms with Gasteiger partial charge in [0.05, 0.1) is 33.9 Å². The van der Waals surface area contributed by atoms with Crippen LogP contribution in [0.25, 0.3) is 0 Å². The molecule has 2 fully saturated rings. The molecule has 1 atom stereocenters. The minimum atomic E-state index is -0.138. The van der Waals surface area contributed by atoms with Crippen LogP contribution in [0.1, 0.15) is 19.8 Å². The van der Waals surface area contributed by atoms with Gasteiger partial charge in [0.2, 0.25) is 17.6 Å². The second-order valence-corrected chi connectivity index (χ2v) is 7.73. The van der Waals surface area contributed by atoms with E-state index in [-0.39, 0.29) is 24.4 Å². The van der Waals surface area contributed by atoms with Crippen molar-refractivity contribution in [3.05, 3.63) is 12.1 Å². The second-order valence-electron chi connectivity index (χ2n) is 7.73. The lowest BCUT2D eigenvalue weighted by Crippen LogP contribution is -2.55. The Morgan fingerprint density at radius 2 is 1.63 bits per heavy atom. The Labute approximate surface area is 177 Å². The molecule has 2 N–H and O–H groups in total. The first kappa shape index (κ1) is 22.2. The van der Waals surface area contributed by atoms with Crippen LogP contribution in [0.5, 0.6) is 17.2 Å². The van der Waals surface area contributed by atoms with Gasteiger partial charge in [0.25, 0.3) is 0 Å². The molecule has 1 unspecified atom stereocenters. The van der Waals surface area contributed by atoms with Crippen LogP contribution in [-0.4, -0.2) is 87.8 Å². The van der Waals surface area contributed by atoms with Crippen molar-refractivity contribution in [2.45, 2.75) is 31.8 Å². The zero-order chi connectivity index (χ0) is 21.7. The largest absolute Gasteiger partial charge is 0.493 e. The normalized spacial score (nSPS) is 18.4. The molecule has 0 bridgehead atoms. The molecular weight excluding hydrogens is 388 g/mol. The first-order chi connectivity index (χ1) is 14.4. The Hall–Kier alpha value is -2.52. The summed E-state index contributed by atoms with van der Waals surface area (Å²) in [6.07, 6.45) is 2.18. The van der Waals surface area contributed by atoms with Crippen LogP contribution in [0.3, 0.4) is 0 Å². The number of hydrogen-bond donors (Lipinski definition) is 2. The summed E-state index contributed by atoms with van der Waals surface area (Å²) in [7, 11) is 4.61. The highest BCUT2D eigenvalue weighted by molar-refractivity contribution is 5.93. The van der Waals surface area contributed by atoms with Crippen molar-refractivity contribution in [3.8, 4) is 17.2 Å². The number of amides is 2. The molecule has 1 saturated carbocycles. The number of ether oxygens (including phenoxy) is 3. The number of anilines is 1. The molecule has 30 heavy (non-hydrogen) atoms. The van der Waals surface area contributed by atoms with Crippen LogP contribution in [-0.2, 0) is 9.59 Å². The third kappa shape index (κ3) is 5.54. The summed E-state index contributed by atoms with van der Waals surface area (Å²) in [5.41, 5.74) is 0.582. The van der Waals surface area contributed by atoms with Gasteiger partial charge in [0.15, 0.2) is 11.5 Å². The SMILES string of the molecule is COc1cc(NC(=O)CN2CCN(C(C)C(=O)NC3CC3)CC2)cc(OC)c1OC. The van der Waals surface area contributed by atoms with Crippen molar-refractivity contribution >= 4 is 17.5 Å². The van der Waals surface area contributed by atoms with E-state index in [2.05, 4.69) is 20.4 Å². The average molecular weight is 421 g/mol. The minimum Gasteiger partial charge on any atom is -0.493 e. The summed E-state index contributed by atoms with van der Waals surface area (Å²) < 4.78 is 16.0. The zero-order valence-corrected chi connectivity index (χ0v) is 18.2. The van der Waals surface area contributed by atoms with Gasteiger partial charge < -0.3 is 24.8 Å². The van der Waals surface area contributed by atoms with E-state index in [1.807, 2.05) is 6.92 Å². The first-order valence-corrected chi connectivity index (χ1v) is 10.3. The molecule has 1 aliphatic heterocycles. The van der Waals surface area contributed by atoms with E-state index in [1.165, 1.54) is 21.3 Å². The maximum absolute atomic E-state index is 12.5. The number of methoxy groups -OCH3 is 3. The van der Waals surface area contributed by atoms with Crippen molar-refractivity contribution in [1.82, 2.24) is 15.1 Å². The number of hydrogen-bond acceptors (Lipinski definition) is 7. The quantitative estimate of drug-likeness (QED) is 0.614. The van der Waals surface area contributed by atoms with E-state index in [4.69, 9.17) is 14.2 Å². The first-order valence-electron chi connectivity index (χ1n) is 10.3. The molecule has 0 aromatic heterocycles. The molecule has 9 heteroatoms. The Bertz CT molecular complexity index is 735. The van der Waals surface area contributed by atoms with Gasteiger partial charge in [0, 0.05) is 50.0 Å². The fourth-order valence-electron chi connectivity index (χ4n) is 3.58. The number of carbonyl (C=O) groups is 2. The highest BCUT2D eigenvalue weighted by atomic mass is 16.5. The van der Waals surface area contributed by atoms with Crippen molar-refractivity contribution in [1.29, 1.82) is 0 Å². The number of rotatable bonds is 9. The van der Waals surface area contributed by atoms with Gasteiger partial charge in [-0.05, 0) is 19.8 Å². The van der Waals surface area contributed by atoms with Crippen LogP contribution >= 0.6 is 0 Å². The third-order valence-corrected chi connectivity index (χ3v) is 5.57. The van der Waals surface area contributed by atoms with Crippen LogP contribution in [0.15, 0.2) is 12.1 Å². The molecule has 1 saturated heterocycles. The number of nitrogens with zero attached hydrogens (tertiary/aromatic N) is 2. The number of benzene rings is 1. The topological polar surface area (TPSA) is 92.4 Å². The second kappa shape index (κ2) is 9.99. The molecule has 1 aromatic carbocycles. The fraction of sp³-hybridized carbons (Fsp3) is 0.619. The summed E-state index contributed by atoms with van der Waals surface area (Å²) in [5, 5.41) is 5.96. The standard InChI is InChI=1S/C21H32N4O5/c1-14(21(27)23-15-5-6-15)25-9-7-24(8-10-25)13-19(26)22-16-11-17(28-2)20(30-4)18(12-16)29-3/h11-12,14-15H,5-10,13H2,1-4H3,(H,22,26)(H,23,27). The van der Waals surface area contributed by atoms with Crippen molar-refractivity contribution < 1.29 is 23.8 Å². The van der Waals surface area contributed by atoms with Gasteiger partial charge in [-0.2, -0.15) is 0 Å². The van der Waals surface area contributed by atoms with Crippen LogP contribution < -0.4 is 24.8 Å². The van der Waals surface area contributed by atoms with E-state index in [9.17, 15) is 9.59 Å². The van der Waals surface area contributed by atoms with E-state index in [0.29, 0.717) is 29.0 Å². The lowest BCUT2D eigenvalue weighted by atomic mass is 10.2. The molecule has 3 rings (SSSR count). The van der Waals surface area contributed by atoms with Gasteiger partial charge in [0.1, 0.15) is 0 Å². The Morgan fingerprint density at radius 1 is 1.03 bits per heavy atom. The van der Waals surface area contributed by atoms with Gasteiger partial charge in [-0.3, -0.25) is 19.4 Å². The van der Waals surface area contributed by atoms with Gasteiger partial charge in [-0.1, -0.05) is 0 Å². The van der Waals surface area contributed by atoms with Crippen molar-refractivity contribution in [2.24, 2.45) is 0 Å². The Kier molecular flexibility index (Phi) is 7.38. The summed E-state index contributed by atoms with van der Waals surface area (Å²) in [4.78, 5) is 29.1. The molecule has 1 heterocycles. The van der Waals surface area contributed by atoms with Crippen molar-refractivity contribution in [3.63, 3.8) is 0 Å². The summed E-state index contributed by atoms with van der Waals surface area (Å²) in [6, 6.07) is 3.65. The maximum atomic E-state index is 12.5. The van der Waals surface area contributed by atoms with E-state index < -0.39 is 0 Å². The Morgan fingerprint density at radius 3 is 2.13 bits per heavy atom. The number of nitrogens with one attached hydrogen (secondary N) is 2. The average Bonchev–Trinajstić information content (AvgIpc) is 3.56. The Balaban J connectivity index is 1.49. The lowest BCUT2D eigenvalue weighted by Gasteiger charge is -2.37. The molecule has 9 nitrogen and oxygen atoms in total. The fourth-order valence-corrected chi connectivity index (χ4v) is 3.58. The summed E-state index contributed by atoms with van der Waals surface area (Å²) >= 11 is 0. The number of carbonyl (C=O) groups excluding carboxylic acids is 2. The van der Waals surface area contributed by atoms with Gasteiger partial charge >= 0.3 is 0 Å². The molecular formula is C21H32N4O5. The number of piperazine rings is 1. The zero-order valence-electron chi connectivity index (χ0n) is 18.2. The predicted octanol–water partition coefficient (Wildman–Crippen LogP) is 0.936. The van der Waals surface area contributed by atoms with Crippen LogP contribution in [0.4, 0.5) is 5.69 Å². The van der Waals surface area contributed by atoms with E-state index in [0.717, 1.165) is 39.0 Å². The van der Waals surface area contributed by atoms with Crippen LogP contribution in [0, 0.1) is 0 Å². The molecule has 2 amide bonds. The van der Waals surface area contributed by atoms with Gasteiger partial charge in [-0.15, -0.1) is 0 Å². The lowest BCUT2D eigenvalue weighted by molar-refractivity contribution is -0.127. The maximum Gasteiger partial charge on any atom is 0.238 e. The van der Waals surface area contributed by atoms with E-state index in [1.54, 1.807) is 12.1 Å². The molecule has 0 radical (unpaired) electrons. The summed E-state index contributed by atoms with van der Waals surface area (Å²) in [6.45, 7) is 5.23.